The lowest BCUT2D eigenvalue weighted by atomic mass is 10.6. The third-order valence-corrected chi connectivity index (χ3v) is 0.809. The predicted octanol–water partition coefficient (Wildman–Crippen LogP) is 2.31. The number of ether oxygens (including phenoxy) is 1. The van der Waals surface area contributed by atoms with Gasteiger partial charge >= 0.3 is 5.97 Å². The molecule has 0 aliphatic heterocycles. The molecule has 0 aliphatic rings. The van der Waals surface area contributed by atoms with Crippen molar-refractivity contribution in [2.75, 3.05) is 12.5 Å². The van der Waals surface area contributed by atoms with Crippen molar-refractivity contribution in [1.82, 2.24) is 0 Å². The quantitative estimate of drug-likeness (QED) is 0.293. The van der Waals surface area contributed by atoms with E-state index >= 15 is 0 Å². The van der Waals surface area contributed by atoms with Gasteiger partial charge in [0.15, 0.2) is 0 Å². The third-order valence-electron chi connectivity index (χ3n) is 0.655. The van der Waals surface area contributed by atoms with E-state index < -0.39 is 5.97 Å². The minimum Gasteiger partial charge on any atom is -0.461 e. The zero-order valence-corrected chi connectivity index (χ0v) is 7.72. The SMILES string of the molecule is C=CC(=O)OCCCl.C=CC=C. The number of carbonyl (C=O) groups excluding carboxylic acids is 1. The van der Waals surface area contributed by atoms with Crippen LogP contribution >= 0.6 is 11.6 Å². The zero-order valence-electron chi connectivity index (χ0n) is 6.96. The van der Waals surface area contributed by atoms with Gasteiger partial charge in [-0.3, -0.25) is 0 Å². The van der Waals surface area contributed by atoms with Crippen molar-refractivity contribution in [3.63, 3.8) is 0 Å². The molecule has 0 spiro atoms. The topological polar surface area (TPSA) is 26.3 Å². The van der Waals surface area contributed by atoms with Crippen molar-refractivity contribution in [3.05, 3.63) is 38.0 Å². The molecule has 0 saturated heterocycles. The fourth-order valence-corrected chi connectivity index (χ4v) is 0.275. The second kappa shape index (κ2) is 12.6. The van der Waals surface area contributed by atoms with Crippen LogP contribution in [-0.2, 0) is 9.53 Å². The van der Waals surface area contributed by atoms with Crippen molar-refractivity contribution in [1.29, 1.82) is 0 Å². The van der Waals surface area contributed by atoms with Gasteiger partial charge < -0.3 is 4.74 Å². The van der Waals surface area contributed by atoms with Crippen LogP contribution in [0, 0.1) is 0 Å². The summed E-state index contributed by atoms with van der Waals surface area (Å²) in [7, 11) is 0. The minimum absolute atomic E-state index is 0.256. The van der Waals surface area contributed by atoms with Crippen molar-refractivity contribution in [3.8, 4) is 0 Å². The summed E-state index contributed by atoms with van der Waals surface area (Å²) in [4.78, 5) is 10.2. The molecular formula is C9H13ClO2. The molecule has 0 aliphatic carbocycles. The van der Waals surface area contributed by atoms with Crippen LogP contribution in [0.25, 0.3) is 0 Å². The molecule has 0 N–H and O–H groups in total. The van der Waals surface area contributed by atoms with Gasteiger partial charge in [-0.1, -0.05) is 31.9 Å². The second-order valence-corrected chi connectivity index (χ2v) is 1.91. The van der Waals surface area contributed by atoms with E-state index in [-0.39, 0.29) is 6.61 Å². The van der Waals surface area contributed by atoms with Gasteiger partial charge in [0.05, 0.1) is 5.88 Å². The van der Waals surface area contributed by atoms with Crippen LogP contribution in [-0.4, -0.2) is 18.5 Å². The smallest absolute Gasteiger partial charge is 0.330 e. The van der Waals surface area contributed by atoms with Crippen LogP contribution in [0.5, 0.6) is 0 Å². The van der Waals surface area contributed by atoms with Gasteiger partial charge in [0.1, 0.15) is 6.61 Å². The van der Waals surface area contributed by atoms with Crippen LogP contribution in [0.15, 0.2) is 38.0 Å². The molecule has 68 valence electrons. The predicted molar refractivity (Wildman–Crippen MR) is 52.3 cm³/mol. The number of hydrogen-bond acceptors (Lipinski definition) is 2. The highest BCUT2D eigenvalue weighted by molar-refractivity contribution is 6.18. The molecule has 3 heteroatoms. The first kappa shape index (κ1) is 13.6. The fraction of sp³-hybridized carbons (Fsp3) is 0.222. The van der Waals surface area contributed by atoms with E-state index in [0.717, 1.165) is 6.08 Å². The summed E-state index contributed by atoms with van der Waals surface area (Å²) in [5.74, 6) is -0.0924. The zero-order chi connectivity index (χ0) is 9.82. The highest BCUT2D eigenvalue weighted by Crippen LogP contribution is 1.80. The van der Waals surface area contributed by atoms with E-state index in [0.29, 0.717) is 5.88 Å². The largest absolute Gasteiger partial charge is 0.461 e. The summed E-state index contributed by atoms with van der Waals surface area (Å²) in [5, 5.41) is 0. The maximum Gasteiger partial charge on any atom is 0.330 e. The molecule has 0 unspecified atom stereocenters. The van der Waals surface area contributed by atoms with E-state index in [1.165, 1.54) is 0 Å². The van der Waals surface area contributed by atoms with Crippen molar-refractivity contribution < 1.29 is 9.53 Å². The molecule has 0 fully saturated rings. The highest BCUT2D eigenvalue weighted by atomic mass is 35.5. The molecule has 0 amide bonds. The number of esters is 1. The van der Waals surface area contributed by atoms with Crippen LogP contribution in [0.3, 0.4) is 0 Å². The number of hydrogen-bond donors (Lipinski definition) is 0. The Bertz CT molecular complexity index is 147. The lowest BCUT2D eigenvalue weighted by Gasteiger charge is -1.93. The number of allylic oxidation sites excluding steroid dienone is 2. The molecule has 0 aromatic rings. The first-order valence-corrected chi connectivity index (χ1v) is 3.85. The molecule has 0 atom stereocenters. The van der Waals surface area contributed by atoms with Crippen LogP contribution < -0.4 is 0 Å². The Hall–Kier alpha value is -1.02. The molecule has 2 nitrogen and oxygen atoms in total. The van der Waals surface area contributed by atoms with Gasteiger partial charge in [0, 0.05) is 6.08 Å². The van der Waals surface area contributed by atoms with Gasteiger partial charge in [-0.15, -0.1) is 11.6 Å². The molecule has 0 aromatic carbocycles. The molecule has 0 saturated carbocycles. The molecule has 0 heterocycles. The van der Waals surface area contributed by atoms with Gasteiger partial charge in [-0.2, -0.15) is 0 Å². The Labute approximate surface area is 78.2 Å². The molecular weight excluding hydrogens is 176 g/mol. The third kappa shape index (κ3) is 16.0. The molecule has 0 bridgehead atoms. The highest BCUT2D eigenvalue weighted by Gasteiger charge is 1.90. The van der Waals surface area contributed by atoms with Gasteiger partial charge in [0.25, 0.3) is 0 Å². The Balaban J connectivity index is 0. The van der Waals surface area contributed by atoms with Crippen molar-refractivity contribution >= 4 is 17.6 Å². The summed E-state index contributed by atoms with van der Waals surface area (Å²) in [6.45, 7) is 10.2. The van der Waals surface area contributed by atoms with Gasteiger partial charge in [-0.25, -0.2) is 4.79 Å². The van der Waals surface area contributed by atoms with Gasteiger partial charge in [0.2, 0.25) is 0 Å². The lowest BCUT2D eigenvalue weighted by molar-refractivity contribution is -0.137. The Morgan fingerprint density at radius 3 is 2.08 bits per heavy atom. The summed E-state index contributed by atoms with van der Waals surface area (Å²) in [6, 6.07) is 0. The maximum absolute atomic E-state index is 10.2. The number of halogens is 1. The van der Waals surface area contributed by atoms with Crippen molar-refractivity contribution in [2.45, 2.75) is 0 Å². The van der Waals surface area contributed by atoms with E-state index in [1.54, 1.807) is 12.2 Å². The Kier molecular flexibility index (Phi) is 14.3. The summed E-state index contributed by atoms with van der Waals surface area (Å²) >= 11 is 5.19. The lowest BCUT2D eigenvalue weighted by Crippen LogP contribution is -2.01. The van der Waals surface area contributed by atoms with E-state index in [9.17, 15) is 4.79 Å². The van der Waals surface area contributed by atoms with Gasteiger partial charge in [-0.05, 0) is 0 Å². The number of rotatable bonds is 4. The van der Waals surface area contributed by atoms with Crippen LogP contribution in [0.2, 0.25) is 0 Å². The van der Waals surface area contributed by atoms with Crippen LogP contribution in [0.4, 0.5) is 0 Å². The first-order valence-electron chi connectivity index (χ1n) is 3.31. The average molecular weight is 189 g/mol. The molecule has 12 heavy (non-hydrogen) atoms. The van der Waals surface area contributed by atoms with Crippen LogP contribution in [0.1, 0.15) is 0 Å². The normalized spacial score (nSPS) is 7.08. The monoisotopic (exact) mass is 188 g/mol. The minimum atomic E-state index is -0.425. The summed E-state index contributed by atoms with van der Waals surface area (Å²) in [5.41, 5.74) is 0. The van der Waals surface area contributed by atoms with Crippen molar-refractivity contribution in [2.24, 2.45) is 0 Å². The number of alkyl halides is 1. The standard InChI is InChI=1S/C5H7ClO2.C4H6/c1-2-5(7)8-4-3-6;1-3-4-2/h2H,1,3-4H2;3-4H,1-2H2. The first-order chi connectivity index (χ1) is 5.72. The fourth-order valence-electron chi connectivity index (χ4n) is 0.198. The van der Waals surface area contributed by atoms with E-state index in [4.69, 9.17) is 11.6 Å². The molecule has 0 radical (unpaired) electrons. The Morgan fingerprint density at radius 1 is 1.33 bits per heavy atom. The Morgan fingerprint density at radius 2 is 1.83 bits per heavy atom. The maximum atomic E-state index is 10.2. The summed E-state index contributed by atoms with van der Waals surface area (Å²) < 4.78 is 4.45. The molecule has 0 aromatic heterocycles. The number of carbonyl (C=O) groups is 1. The van der Waals surface area contributed by atoms with E-state index in [2.05, 4.69) is 24.5 Å². The summed E-state index contributed by atoms with van der Waals surface area (Å²) in [6.07, 6.45) is 4.38. The second-order valence-electron chi connectivity index (χ2n) is 1.53. The average Bonchev–Trinajstić information content (AvgIpc) is 2.14. The molecule has 0 rings (SSSR count). The van der Waals surface area contributed by atoms with E-state index in [1.807, 2.05) is 0 Å².